The third kappa shape index (κ3) is 3.69. The number of carbonyl (C=O) groups excluding carboxylic acids is 1. The standard InChI is InChI=1S/C18H17NO2S2/c1-18(21,16-3-2-9-23-16)12-19-17(20)14-6-4-13(5-7-14)15-8-10-22-11-15/h2-11,21H,12H2,1H3,(H,19,20)/t18-/m1/s1. The lowest BCUT2D eigenvalue weighted by molar-refractivity contribution is 0.0557. The van der Waals surface area contributed by atoms with Crippen molar-refractivity contribution in [3.05, 3.63) is 69.0 Å². The summed E-state index contributed by atoms with van der Waals surface area (Å²) in [7, 11) is 0. The van der Waals surface area contributed by atoms with Crippen molar-refractivity contribution in [1.29, 1.82) is 0 Å². The second kappa shape index (κ2) is 6.66. The number of rotatable bonds is 5. The van der Waals surface area contributed by atoms with Crippen molar-refractivity contribution in [2.75, 3.05) is 6.54 Å². The topological polar surface area (TPSA) is 49.3 Å². The van der Waals surface area contributed by atoms with Crippen LogP contribution < -0.4 is 5.32 Å². The highest BCUT2D eigenvalue weighted by atomic mass is 32.1. The maximum Gasteiger partial charge on any atom is 0.251 e. The van der Waals surface area contributed by atoms with Crippen molar-refractivity contribution < 1.29 is 9.90 Å². The lowest BCUT2D eigenvalue weighted by Gasteiger charge is -2.22. The van der Waals surface area contributed by atoms with Crippen LogP contribution in [0.4, 0.5) is 0 Å². The summed E-state index contributed by atoms with van der Waals surface area (Å²) in [6.07, 6.45) is 0. The van der Waals surface area contributed by atoms with E-state index in [1.807, 2.05) is 47.2 Å². The summed E-state index contributed by atoms with van der Waals surface area (Å²) in [5.41, 5.74) is 1.78. The summed E-state index contributed by atoms with van der Waals surface area (Å²) in [5, 5.41) is 19.3. The maximum atomic E-state index is 12.2. The molecule has 0 saturated carbocycles. The average Bonchev–Trinajstić information content (AvgIpc) is 3.26. The summed E-state index contributed by atoms with van der Waals surface area (Å²) < 4.78 is 0. The van der Waals surface area contributed by atoms with Crippen LogP contribution in [-0.2, 0) is 5.60 Å². The molecule has 0 radical (unpaired) electrons. The Bertz CT molecular complexity index is 760. The van der Waals surface area contributed by atoms with E-state index in [1.165, 1.54) is 11.3 Å². The number of amides is 1. The molecule has 2 aromatic heterocycles. The normalized spacial score (nSPS) is 13.5. The van der Waals surface area contributed by atoms with Gasteiger partial charge in [0.15, 0.2) is 0 Å². The molecule has 0 spiro atoms. The van der Waals surface area contributed by atoms with Crippen molar-refractivity contribution >= 4 is 28.6 Å². The minimum atomic E-state index is -1.06. The van der Waals surface area contributed by atoms with Crippen molar-refractivity contribution in [2.24, 2.45) is 0 Å². The summed E-state index contributed by atoms with van der Waals surface area (Å²) in [4.78, 5) is 13.1. The molecule has 5 heteroatoms. The summed E-state index contributed by atoms with van der Waals surface area (Å²) in [6.45, 7) is 1.89. The number of benzene rings is 1. The number of aliphatic hydroxyl groups is 1. The van der Waals surface area contributed by atoms with Crippen LogP contribution >= 0.6 is 22.7 Å². The third-order valence-corrected chi connectivity index (χ3v) is 5.45. The van der Waals surface area contributed by atoms with Gasteiger partial charge >= 0.3 is 0 Å². The van der Waals surface area contributed by atoms with Gasteiger partial charge < -0.3 is 10.4 Å². The zero-order valence-electron chi connectivity index (χ0n) is 12.7. The molecule has 1 atom stereocenters. The molecule has 1 aromatic carbocycles. The van der Waals surface area contributed by atoms with Gasteiger partial charge in [-0.2, -0.15) is 11.3 Å². The minimum absolute atomic E-state index is 0.179. The molecule has 0 aliphatic rings. The Balaban J connectivity index is 1.64. The first kappa shape index (κ1) is 15.9. The number of hydrogen-bond acceptors (Lipinski definition) is 4. The first-order valence-electron chi connectivity index (χ1n) is 7.23. The molecule has 2 N–H and O–H groups in total. The van der Waals surface area contributed by atoms with Gasteiger partial charge in [-0.15, -0.1) is 11.3 Å². The molecule has 3 nitrogen and oxygen atoms in total. The fraction of sp³-hybridized carbons (Fsp3) is 0.167. The molecule has 118 valence electrons. The predicted molar refractivity (Wildman–Crippen MR) is 96.0 cm³/mol. The molecule has 0 aliphatic heterocycles. The van der Waals surface area contributed by atoms with Gasteiger partial charge in [0, 0.05) is 10.4 Å². The Morgan fingerprint density at radius 2 is 1.91 bits per heavy atom. The fourth-order valence-electron chi connectivity index (χ4n) is 2.27. The summed E-state index contributed by atoms with van der Waals surface area (Å²) in [5.74, 6) is -0.182. The molecule has 3 aromatic rings. The van der Waals surface area contributed by atoms with E-state index in [2.05, 4.69) is 16.8 Å². The van der Waals surface area contributed by atoms with E-state index in [1.54, 1.807) is 18.3 Å². The lowest BCUT2D eigenvalue weighted by Crippen LogP contribution is -2.38. The van der Waals surface area contributed by atoms with Gasteiger partial charge in [-0.25, -0.2) is 0 Å². The van der Waals surface area contributed by atoms with Crippen LogP contribution in [0.5, 0.6) is 0 Å². The largest absolute Gasteiger partial charge is 0.383 e. The molecule has 0 bridgehead atoms. The maximum absolute atomic E-state index is 12.2. The van der Waals surface area contributed by atoms with Gasteiger partial charge in [-0.1, -0.05) is 18.2 Å². The molecule has 0 unspecified atom stereocenters. The second-order valence-corrected chi connectivity index (χ2v) is 7.25. The van der Waals surface area contributed by atoms with Gasteiger partial charge in [0.2, 0.25) is 0 Å². The summed E-state index contributed by atoms with van der Waals surface area (Å²) >= 11 is 3.13. The van der Waals surface area contributed by atoms with Gasteiger partial charge in [-0.05, 0) is 58.5 Å². The van der Waals surface area contributed by atoms with Gasteiger partial charge in [0.25, 0.3) is 5.91 Å². The molecular formula is C18H17NO2S2. The fourth-order valence-corrected chi connectivity index (χ4v) is 3.72. The molecule has 3 rings (SSSR count). The van der Waals surface area contributed by atoms with Crippen LogP contribution in [0.25, 0.3) is 11.1 Å². The SMILES string of the molecule is C[C@@](O)(CNC(=O)c1ccc(-c2ccsc2)cc1)c1cccs1. The Morgan fingerprint density at radius 3 is 2.52 bits per heavy atom. The highest BCUT2D eigenvalue weighted by molar-refractivity contribution is 7.10. The van der Waals surface area contributed by atoms with Gasteiger partial charge in [0.05, 0.1) is 6.54 Å². The molecule has 0 fully saturated rings. The van der Waals surface area contributed by atoms with E-state index in [9.17, 15) is 9.90 Å². The number of hydrogen-bond donors (Lipinski definition) is 2. The Hall–Kier alpha value is -1.95. The van der Waals surface area contributed by atoms with Crippen LogP contribution in [0.2, 0.25) is 0 Å². The molecule has 23 heavy (non-hydrogen) atoms. The third-order valence-electron chi connectivity index (χ3n) is 3.65. The minimum Gasteiger partial charge on any atom is -0.383 e. The highest BCUT2D eigenvalue weighted by Crippen LogP contribution is 2.25. The zero-order valence-corrected chi connectivity index (χ0v) is 14.3. The smallest absolute Gasteiger partial charge is 0.251 e. The number of nitrogens with one attached hydrogen (secondary N) is 1. The van der Waals surface area contributed by atoms with Gasteiger partial charge in [0.1, 0.15) is 5.60 Å². The number of thiophene rings is 2. The molecule has 1 amide bonds. The lowest BCUT2D eigenvalue weighted by atomic mass is 10.0. The van der Waals surface area contributed by atoms with Crippen LogP contribution in [0, 0.1) is 0 Å². The van der Waals surface area contributed by atoms with Crippen molar-refractivity contribution in [1.82, 2.24) is 5.32 Å². The first-order valence-corrected chi connectivity index (χ1v) is 9.06. The molecule has 0 saturated heterocycles. The van der Waals surface area contributed by atoms with E-state index < -0.39 is 5.60 Å². The van der Waals surface area contributed by atoms with Crippen LogP contribution in [-0.4, -0.2) is 17.6 Å². The number of carbonyl (C=O) groups is 1. The monoisotopic (exact) mass is 343 g/mol. The van der Waals surface area contributed by atoms with E-state index in [-0.39, 0.29) is 12.5 Å². The van der Waals surface area contributed by atoms with Crippen molar-refractivity contribution in [3.8, 4) is 11.1 Å². The van der Waals surface area contributed by atoms with Crippen molar-refractivity contribution in [3.63, 3.8) is 0 Å². The second-order valence-electron chi connectivity index (χ2n) is 5.52. The van der Waals surface area contributed by atoms with Gasteiger partial charge in [-0.3, -0.25) is 4.79 Å². The quantitative estimate of drug-likeness (QED) is 0.732. The Kier molecular flexibility index (Phi) is 4.61. The van der Waals surface area contributed by atoms with E-state index in [0.29, 0.717) is 5.56 Å². The molecule has 2 heterocycles. The first-order chi connectivity index (χ1) is 11.1. The van der Waals surface area contributed by atoms with E-state index >= 15 is 0 Å². The van der Waals surface area contributed by atoms with E-state index in [4.69, 9.17) is 0 Å². The molecular weight excluding hydrogens is 326 g/mol. The Labute approximate surface area is 143 Å². The van der Waals surface area contributed by atoms with E-state index in [0.717, 1.165) is 16.0 Å². The highest BCUT2D eigenvalue weighted by Gasteiger charge is 2.25. The Morgan fingerprint density at radius 1 is 1.13 bits per heavy atom. The average molecular weight is 343 g/mol. The predicted octanol–water partition coefficient (Wildman–Crippen LogP) is 4.11. The van der Waals surface area contributed by atoms with Crippen molar-refractivity contribution in [2.45, 2.75) is 12.5 Å². The molecule has 0 aliphatic carbocycles. The summed E-state index contributed by atoms with van der Waals surface area (Å²) in [6, 6.07) is 13.3. The van der Waals surface area contributed by atoms with Crippen LogP contribution in [0.3, 0.4) is 0 Å². The van der Waals surface area contributed by atoms with Crippen LogP contribution in [0.15, 0.2) is 58.6 Å². The zero-order chi connectivity index (χ0) is 16.3. The van der Waals surface area contributed by atoms with Crippen LogP contribution in [0.1, 0.15) is 22.2 Å².